The average molecular weight is 433 g/mol. The number of nitrogens with zero attached hydrogens (tertiary/aromatic N) is 1. The lowest BCUT2D eigenvalue weighted by molar-refractivity contribution is -0.116. The van der Waals surface area contributed by atoms with Crippen molar-refractivity contribution in [1.29, 1.82) is 0 Å². The van der Waals surface area contributed by atoms with Gasteiger partial charge in [-0.2, -0.15) is 0 Å². The molecule has 3 aromatic rings. The molecule has 2 amide bonds. The Kier molecular flexibility index (Phi) is 5.92. The first kappa shape index (κ1) is 20.5. The zero-order valence-electron chi connectivity index (χ0n) is 16.9. The molecule has 0 saturated carbocycles. The Bertz CT molecular complexity index is 1180. The van der Waals surface area contributed by atoms with Gasteiger partial charge in [0.1, 0.15) is 13.2 Å². The van der Waals surface area contributed by atoms with Gasteiger partial charge < -0.3 is 19.7 Å². The van der Waals surface area contributed by atoms with E-state index >= 15 is 0 Å². The number of likely N-dealkylation sites (N-methyl/N-ethyl adjacent to an activating group) is 1. The third-order valence-electron chi connectivity index (χ3n) is 4.68. The predicted molar refractivity (Wildman–Crippen MR) is 121 cm³/mol. The molecule has 0 bridgehead atoms. The minimum atomic E-state index is -0.298. The van der Waals surface area contributed by atoms with E-state index in [9.17, 15) is 9.59 Å². The van der Waals surface area contributed by atoms with Crippen molar-refractivity contribution in [2.45, 2.75) is 0 Å². The second-order valence-electron chi connectivity index (χ2n) is 6.96. The lowest BCUT2D eigenvalue weighted by Gasteiger charge is -2.18. The number of thiophene rings is 1. The molecule has 4 rings (SSSR count). The van der Waals surface area contributed by atoms with Crippen LogP contribution in [-0.4, -0.2) is 43.5 Å². The minimum absolute atomic E-state index is 0.0730. The first-order chi connectivity index (χ1) is 15.0. The van der Waals surface area contributed by atoms with Crippen LogP contribution in [0.15, 0.2) is 54.6 Å². The summed E-state index contributed by atoms with van der Waals surface area (Å²) in [7, 11) is 1.60. The second kappa shape index (κ2) is 8.94. The van der Waals surface area contributed by atoms with E-state index in [1.165, 1.54) is 16.2 Å². The van der Waals surface area contributed by atoms with Crippen molar-refractivity contribution in [3.8, 4) is 34.3 Å². The molecule has 6 nitrogen and oxygen atoms in total. The number of terminal acetylenes is 1. The van der Waals surface area contributed by atoms with Gasteiger partial charge in [-0.05, 0) is 54.1 Å². The number of nitrogens with one attached hydrogen (secondary N) is 1. The molecule has 1 N–H and O–H groups in total. The molecule has 1 aromatic heterocycles. The van der Waals surface area contributed by atoms with Crippen LogP contribution in [0.4, 0.5) is 5.69 Å². The van der Waals surface area contributed by atoms with Crippen molar-refractivity contribution in [2.75, 3.05) is 32.1 Å². The summed E-state index contributed by atoms with van der Waals surface area (Å²) in [5.41, 5.74) is 2.22. The van der Waals surface area contributed by atoms with Gasteiger partial charge in [0.25, 0.3) is 5.91 Å². The summed E-state index contributed by atoms with van der Waals surface area (Å²) in [4.78, 5) is 28.0. The molecule has 2 heterocycles. The van der Waals surface area contributed by atoms with Gasteiger partial charge in [-0.1, -0.05) is 12.0 Å². The number of hydrogen-bond donors (Lipinski definition) is 1. The lowest BCUT2D eigenvalue weighted by atomic mass is 10.1. The van der Waals surface area contributed by atoms with E-state index in [2.05, 4.69) is 11.2 Å². The SMILES string of the molecule is C#Cc1cccc(NC(=O)CN(C)C(=O)c2ccc(-c3ccc4c(c3)OCCO4)s2)c1. The molecule has 156 valence electrons. The molecule has 0 saturated heterocycles. The molecule has 0 fully saturated rings. The molecular weight excluding hydrogens is 412 g/mol. The Morgan fingerprint density at radius 1 is 1.10 bits per heavy atom. The summed E-state index contributed by atoms with van der Waals surface area (Å²) in [5.74, 6) is 3.43. The molecule has 1 aliphatic rings. The topological polar surface area (TPSA) is 67.9 Å². The zero-order chi connectivity index (χ0) is 21.8. The maximum absolute atomic E-state index is 12.8. The number of benzene rings is 2. The fourth-order valence-corrected chi connectivity index (χ4v) is 4.16. The predicted octanol–water partition coefficient (Wildman–Crippen LogP) is 3.88. The first-order valence-electron chi connectivity index (χ1n) is 9.65. The fourth-order valence-electron chi connectivity index (χ4n) is 3.17. The Morgan fingerprint density at radius 2 is 1.90 bits per heavy atom. The van der Waals surface area contributed by atoms with E-state index in [1.807, 2.05) is 24.3 Å². The zero-order valence-corrected chi connectivity index (χ0v) is 17.7. The molecule has 2 aromatic carbocycles. The quantitative estimate of drug-likeness (QED) is 0.622. The van der Waals surface area contributed by atoms with Gasteiger partial charge in [0.2, 0.25) is 5.91 Å². The van der Waals surface area contributed by atoms with Gasteiger partial charge in [0, 0.05) is 23.2 Å². The van der Waals surface area contributed by atoms with E-state index in [-0.39, 0.29) is 18.4 Å². The van der Waals surface area contributed by atoms with Crippen molar-refractivity contribution in [3.05, 3.63) is 65.0 Å². The molecule has 0 aliphatic carbocycles. The van der Waals surface area contributed by atoms with Gasteiger partial charge >= 0.3 is 0 Å². The van der Waals surface area contributed by atoms with Crippen LogP contribution in [0.3, 0.4) is 0 Å². The van der Waals surface area contributed by atoms with Crippen LogP contribution in [0.25, 0.3) is 10.4 Å². The molecule has 0 spiro atoms. The van der Waals surface area contributed by atoms with Crippen molar-refractivity contribution in [1.82, 2.24) is 4.90 Å². The van der Waals surface area contributed by atoms with Crippen LogP contribution in [0.2, 0.25) is 0 Å². The Balaban J connectivity index is 1.41. The Hall–Kier alpha value is -3.76. The van der Waals surface area contributed by atoms with Crippen LogP contribution < -0.4 is 14.8 Å². The standard InChI is InChI=1S/C24H20N2O4S/c1-3-16-5-4-6-18(13-16)25-23(27)15-26(2)24(28)22-10-9-21(31-22)17-7-8-19-20(14-17)30-12-11-29-19/h1,4-10,13-14H,11-12,15H2,2H3,(H,25,27). The smallest absolute Gasteiger partial charge is 0.264 e. The highest BCUT2D eigenvalue weighted by atomic mass is 32.1. The van der Waals surface area contributed by atoms with Gasteiger partial charge in [-0.3, -0.25) is 9.59 Å². The highest BCUT2D eigenvalue weighted by Gasteiger charge is 2.19. The van der Waals surface area contributed by atoms with Gasteiger partial charge in [-0.15, -0.1) is 17.8 Å². The van der Waals surface area contributed by atoms with E-state index < -0.39 is 0 Å². The Morgan fingerprint density at radius 3 is 2.71 bits per heavy atom. The molecule has 0 radical (unpaired) electrons. The molecule has 7 heteroatoms. The number of carbonyl (C=O) groups is 2. The van der Waals surface area contributed by atoms with Crippen LogP contribution in [0.5, 0.6) is 11.5 Å². The van der Waals surface area contributed by atoms with Gasteiger partial charge in [0.15, 0.2) is 11.5 Å². The molecule has 0 unspecified atom stereocenters. The fraction of sp³-hybridized carbons (Fsp3) is 0.167. The van der Waals surface area contributed by atoms with Crippen LogP contribution in [0.1, 0.15) is 15.2 Å². The largest absolute Gasteiger partial charge is 0.486 e. The Labute approximate surface area is 184 Å². The summed E-state index contributed by atoms with van der Waals surface area (Å²) >= 11 is 1.37. The maximum atomic E-state index is 12.8. The van der Waals surface area contributed by atoms with E-state index in [4.69, 9.17) is 15.9 Å². The first-order valence-corrected chi connectivity index (χ1v) is 10.5. The number of ether oxygens (including phenoxy) is 2. The highest BCUT2D eigenvalue weighted by Crippen LogP contribution is 2.37. The summed E-state index contributed by atoms with van der Waals surface area (Å²) in [6, 6.07) is 16.4. The van der Waals surface area contributed by atoms with Crippen molar-refractivity contribution in [3.63, 3.8) is 0 Å². The third-order valence-corrected chi connectivity index (χ3v) is 5.81. The monoisotopic (exact) mass is 432 g/mol. The number of carbonyl (C=O) groups excluding carboxylic acids is 2. The summed E-state index contributed by atoms with van der Waals surface area (Å²) < 4.78 is 11.2. The van der Waals surface area contributed by atoms with Crippen molar-refractivity contribution < 1.29 is 19.1 Å². The van der Waals surface area contributed by atoms with Gasteiger partial charge in [0.05, 0.1) is 11.4 Å². The minimum Gasteiger partial charge on any atom is -0.486 e. The highest BCUT2D eigenvalue weighted by molar-refractivity contribution is 7.17. The summed E-state index contributed by atoms with van der Waals surface area (Å²) in [6.45, 7) is 0.986. The van der Waals surface area contributed by atoms with Crippen molar-refractivity contribution in [2.24, 2.45) is 0 Å². The number of amides is 2. The van der Waals surface area contributed by atoms with Crippen LogP contribution in [-0.2, 0) is 4.79 Å². The summed E-state index contributed by atoms with van der Waals surface area (Å²) in [6.07, 6.45) is 5.38. The van der Waals surface area contributed by atoms with Crippen molar-refractivity contribution >= 4 is 28.8 Å². The number of hydrogen-bond acceptors (Lipinski definition) is 5. The number of fused-ring (bicyclic) bond motifs is 1. The van der Waals surface area contributed by atoms with Crippen LogP contribution in [0, 0.1) is 12.3 Å². The van der Waals surface area contributed by atoms with Crippen LogP contribution >= 0.6 is 11.3 Å². The normalized spacial score (nSPS) is 12.0. The van der Waals surface area contributed by atoms with E-state index in [0.29, 0.717) is 35.1 Å². The molecule has 31 heavy (non-hydrogen) atoms. The molecule has 1 aliphatic heterocycles. The van der Waals surface area contributed by atoms with E-state index in [1.54, 1.807) is 37.4 Å². The lowest BCUT2D eigenvalue weighted by Crippen LogP contribution is -2.34. The molecular formula is C24H20N2O4S. The third kappa shape index (κ3) is 4.71. The second-order valence-corrected chi connectivity index (χ2v) is 8.04. The van der Waals surface area contributed by atoms with Gasteiger partial charge in [-0.25, -0.2) is 0 Å². The maximum Gasteiger partial charge on any atom is 0.264 e. The average Bonchev–Trinajstić information content (AvgIpc) is 3.28. The molecule has 0 atom stereocenters. The number of rotatable bonds is 5. The summed E-state index contributed by atoms with van der Waals surface area (Å²) in [5, 5.41) is 2.76. The van der Waals surface area contributed by atoms with E-state index in [0.717, 1.165) is 16.2 Å². The number of anilines is 1.